The van der Waals surface area contributed by atoms with Crippen molar-refractivity contribution in [2.75, 3.05) is 6.61 Å². The highest BCUT2D eigenvalue weighted by Crippen LogP contribution is 2.32. The first-order valence-corrected chi connectivity index (χ1v) is 9.16. The van der Waals surface area contributed by atoms with Crippen LogP contribution in [0.1, 0.15) is 30.2 Å². The summed E-state index contributed by atoms with van der Waals surface area (Å²) in [6.45, 7) is 0.740. The zero-order chi connectivity index (χ0) is 19.3. The van der Waals surface area contributed by atoms with Crippen molar-refractivity contribution in [1.82, 2.24) is 15.8 Å². The minimum atomic E-state index is -0.361. The number of benzene rings is 2. The highest BCUT2D eigenvalue weighted by atomic mass is 19.1. The van der Waals surface area contributed by atoms with E-state index in [4.69, 9.17) is 9.26 Å². The van der Waals surface area contributed by atoms with E-state index in [9.17, 15) is 9.18 Å². The summed E-state index contributed by atoms with van der Waals surface area (Å²) in [5, 5.41) is 9.68. The van der Waals surface area contributed by atoms with Crippen molar-refractivity contribution in [2.45, 2.75) is 25.4 Å². The number of amides is 2. The lowest BCUT2D eigenvalue weighted by Gasteiger charge is -2.18. The number of carbonyl (C=O) groups is 1. The van der Waals surface area contributed by atoms with Crippen LogP contribution in [-0.4, -0.2) is 17.8 Å². The van der Waals surface area contributed by atoms with Gasteiger partial charge in [0.2, 0.25) is 0 Å². The summed E-state index contributed by atoms with van der Waals surface area (Å²) in [5.41, 5.74) is 2.31. The quantitative estimate of drug-likeness (QED) is 0.710. The number of nitrogens with one attached hydrogen (secondary N) is 2. The van der Waals surface area contributed by atoms with Crippen molar-refractivity contribution in [3.8, 4) is 17.0 Å². The topological polar surface area (TPSA) is 76.4 Å². The van der Waals surface area contributed by atoms with E-state index in [2.05, 4.69) is 15.8 Å². The Morgan fingerprint density at radius 2 is 2.04 bits per heavy atom. The predicted molar refractivity (Wildman–Crippen MR) is 101 cm³/mol. The molecule has 6 nitrogen and oxygen atoms in total. The number of urea groups is 1. The van der Waals surface area contributed by atoms with E-state index >= 15 is 0 Å². The molecule has 1 aliphatic rings. The Labute approximate surface area is 161 Å². The second-order valence-corrected chi connectivity index (χ2v) is 6.60. The minimum absolute atomic E-state index is 0.199. The molecular formula is C21H20FN3O3. The molecule has 144 valence electrons. The third-order valence-electron chi connectivity index (χ3n) is 4.60. The SMILES string of the molecule is O=C(NCc1cc(-c2ccccc2)no1)NC1CCCOc2ccc(F)cc21. The number of hydrogen-bond acceptors (Lipinski definition) is 4. The van der Waals surface area contributed by atoms with Gasteiger partial charge < -0.3 is 19.9 Å². The van der Waals surface area contributed by atoms with Crippen molar-refractivity contribution >= 4 is 6.03 Å². The molecule has 0 bridgehead atoms. The Hall–Kier alpha value is -3.35. The molecule has 0 aliphatic carbocycles. The van der Waals surface area contributed by atoms with Gasteiger partial charge in [0, 0.05) is 17.2 Å². The zero-order valence-corrected chi connectivity index (χ0v) is 15.2. The van der Waals surface area contributed by atoms with Gasteiger partial charge in [-0.05, 0) is 31.0 Å². The molecule has 2 N–H and O–H groups in total. The van der Waals surface area contributed by atoms with E-state index in [0.717, 1.165) is 12.0 Å². The van der Waals surface area contributed by atoms with Crippen LogP contribution in [0.2, 0.25) is 0 Å². The Morgan fingerprint density at radius 1 is 1.18 bits per heavy atom. The van der Waals surface area contributed by atoms with Crippen LogP contribution >= 0.6 is 0 Å². The first-order valence-electron chi connectivity index (χ1n) is 9.16. The molecule has 4 rings (SSSR count). The molecular weight excluding hydrogens is 361 g/mol. The fraction of sp³-hybridized carbons (Fsp3) is 0.238. The largest absolute Gasteiger partial charge is 0.493 e. The van der Waals surface area contributed by atoms with Gasteiger partial charge in [0.1, 0.15) is 17.3 Å². The molecule has 3 aromatic rings. The van der Waals surface area contributed by atoms with Crippen LogP contribution in [-0.2, 0) is 6.54 Å². The van der Waals surface area contributed by atoms with Gasteiger partial charge in [-0.15, -0.1) is 0 Å². The summed E-state index contributed by atoms with van der Waals surface area (Å²) in [4.78, 5) is 12.3. The molecule has 0 radical (unpaired) electrons. The number of fused-ring (bicyclic) bond motifs is 1. The fourth-order valence-electron chi connectivity index (χ4n) is 3.22. The Morgan fingerprint density at radius 3 is 2.89 bits per heavy atom. The van der Waals surface area contributed by atoms with Gasteiger partial charge in [-0.25, -0.2) is 9.18 Å². The molecule has 1 aromatic heterocycles. The predicted octanol–water partition coefficient (Wildman–Crippen LogP) is 4.19. The van der Waals surface area contributed by atoms with Gasteiger partial charge in [-0.1, -0.05) is 35.5 Å². The van der Waals surface area contributed by atoms with E-state index in [1.54, 1.807) is 12.1 Å². The highest BCUT2D eigenvalue weighted by molar-refractivity contribution is 5.74. The molecule has 1 unspecified atom stereocenters. The molecule has 1 atom stereocenters. The van der Waals surface area contributed by atoms with Crippen LogP contribution in [0.15, 0.2) is 59.1 Å². The fourth-order valence-corrected chi connectivity index (χ4v) is 3.22. The summed E-state index contributed by atoms with van der Waals surface area (Å²) >= 11 is 0. The minimum Gasteiger partial charge on any atom is -0.493 e. The van der Waals surface area contributed by atoms with Gasteiger partial charge >= 0.3 is 6.03 Å². The number of rotatable bonds is 4. The lowest BCUT2D eigenvalue weighted by atomic mass is 10.0. The third-order valence-corrected chi connectivity index (χ3v) is 4.60. The summed E-state index contributed by atoms with van der Waals surface area (Å²) in [6.07, 6.45) is 1.44. The van der Waals surface area contributed by atoms with Crippen molar-refractivity contribution in [1.29, 1.82) is 0 Å². The lowest BCUT2D eigenvalue weighted by Crippen LogP contribution is -2.37. The maximum absolute atomic E-state index is 13.6. The zero-order valence-electron chi connectivity index (χ0n) is 15.2. The third kappa shape index (κ3) is 4.14. The molecule has 0 saturated heterocycles. The van der Waals surface area contributed by atoms with Gasteiger partial charge in [0.05, 0.1) is 19.2 Å². The molecule has 0 spiro atoms. The molecule has 2 heterocycles. The van der Waals surface area contributed by atoms with Crippen LogP contribution in [0.3, 0.4) is 0 Å². The average molecular weight is 381 g/mol. The van der Waals surface area contributed by atoms with Gasteiger partial charge in [-0.3, -0.25) is 0 Å². The number of carbonyl (C=O) groups excluding carboxylic acids is 1. The van der Waals surface area contributed by atoms with Gasteiger partial charge in [0.25, 0.3) is 0 Å². The smallest absolute Gasteiger partial charge is 0.315 e. The molecule has 2 aromatic carbocycles. The lowest BCUT2D eigenvalue weighted by molar-refractivity contribution is 0.234. The number of halogens is 1. The van der Waals surface area contributed by atoms with Crippen LogP contribution in [0.25, 0.3) is 11.3 Å². The van der Waals surface area contributed by atoms with E-state index in [0.29, 0.717) is 35.8 Å². The number of ether oxygens (including phenoxy) is 1. The van der Waals surface area contributed by atoms with Crippen molar-refractivity contribution in [2.24, 2.45) is 0 Å². The molecule has 0 saturated carbocycles. The average Bonchev–Trinajstić information content (AvgIpc) is 3.11. The highest BCUT2D eigenvalue weighted by Gasteiger charge is 2.22. The van der Waals surface area contributed by atoms with E-state index in [-0.39, 0.29) is 24.4 Å². The van der Waals surface area contributed by atoms with Crippen LogP contribution < -0.4 is 15.4 Å². The van der Waals surface area contributed by atoms with Crippen molar-refractivity contribution < 1.29 is 18.4 Å². The summed E-state index contributed by atoms with van der Waals surface area (Å²) in [6, 6.07) is 15.1. The number of aromatic nitrogens is 1. The molecule has 1 aliphatic heterocycles. The first-order chi connectivity index (χ1) is 13.7. The molecule has 28 heavy (non-hydrogen) atoms. The Bertz CT molecular complexity index is 959. The monoisotopic (exact) mass is 381 g/mol. The summed E-state index contributed by atoms with van der Waals surface area (Å²) in [7, 11) is 0. The van der Waals surface area contributed by atoms with E-state index in [1.807, 2.05) is 30.3 Å². The molecule has 2 amide bonds. The van der Waals surface area contributed by atoms with Crippen molar-refractivity contribution in [3.63, 3.8) is 0 Å². The summed E-state index contributed by atoms with van der Waals surface area (Å²) in [5.74, 6) is 0.795. The second-order valence-electron chi connectivity index (χ2n) is 6.60. The number of nitrogens with zero attached hydrogens (tertiary/aromatic N) is 1. The standard InChI is InChI=1S/C21H20FN3O3/c22-15-8-9-20-17(11-15)18(7-4-10-27-20)24-21(26)23-13-16-12-19(25-28-16)14-5-2-1-3-6-14/h1-3,5-6,8-9,11-12,18H,4,7,10,13H2,(H2,23,24,26). The normalized spacial score (nSPS) is 15.8. The van der Waals surface area contributed by atoms with Crippen molar-refractivity contribution in [3.05, 3.63) is 71.7 Å². The van der Waals surface area contributed by atoms with Gasteiger partial charge in [0.15, 0.2) is 5.76 Å². The Balaban J connectivity index is 1.38. The second kappa shape index (κ2) is 8.12. The van der Waals surface area contributed by atoms with Crippen LogP contribution in [0.4, 0.5) is 9.18 Å². The maximum atomic E-state index is 13.6. The van der Waals surface area contributed by atoms with E-state index in [1.165, 1.54) is 12.1 Å². The first kappa shape index (κ1) is 18.0. The van der Waals surface area contributed by atoms with Crippen LogP contribution in [0, 0.1) is 5.82 Å². The van der Waals surface area contributed by atoms with Gasteiger partial charge in [-0.2, -0.15) is 0 Å². The van der Waals surface area contributed by atoms with E-state index < -0.39 is 0 Å². The summed E-state index contributed by atoms with van der Waals surface area (Å²) < 4.78 is 24.6. The molecule has 0 fully saturated rings. The number of hydrogen-bond donors (Lipinski definition) is 2. The maximum Gasteiger partial charge on any atom is 0.315 e. The Kier molecular flexibility index (Phi) is 5.23. The van der Waals surface area contributed by atoms with Crippen LogP contribution in [0.5, 0.6) is 5.75 Å². The molecule has 7 heteroatoms.